The second-order valence-corrected chi connectivity index (χ2v) is 3.62. The number of rotatable bonds is 2. The molecule has 0 aliphatic carbocycles. The summed E-state index contributed by atoms with van der Waals surface area (Å²) in [6, 6.07) is 8.61. The van der Waals surface area contributed by atoms with Crippen LogP contribution in [0.2, 0.25) is 0 Å². The Balaban J connectivity index is 0.000000741. The normalized spacial score (nSPS) is 9.21. The molecule has 0 saturated carbocycles. The van der Waals surface area contributed by atoms with Gasteiger partial charge in [-0.2, -0.15) is 0 Å². The summed E-state index contributed by atoms with van der Waals surface area (Å²) in [6.07, 6.45) is 0.109. The molecule has 3 nitrogen and oxygen atoms in total. The smallest absolute Gasteiger partial charge is 0.336 e. The predicted octanol–water partition coefficient (Wildman–Crippen LogP) is 4.63. The number of benzene rings is 1. The highest BCUT2D eigenvalue weighted by molar-refractivity contribution is 5.77. The van der Waals surface area contributed by atoms with Gasteiger partial charge in [0.15, 0.2) is 0 Å². The van der Waals surface area contributed by atoms with E-state index in [1.54, 1.807) is 12.1 Å². The fourth-order valence-corrected chi connectivity index (χ4v) is 1.39. The zero-order valence-electron chi connectivity index (χ0n) is 12.7. The highest BCUT2D eigenvalue weighted by Gasteiger charge is 2.01. The van der Waals surface area contributed by atoms with Gasteiger partial charge >= 0.3 is 5.63 Å². The Labute approximate surface area is 115 Å². The molecule has 0 saturated heterocycles. The van der Waals surface area contributed by atoms with Gasteiger partial charge in [-0.1, -0.05) is 27.7 Å². The van der Waals surface area contributed by atoms with Crippen LogP contribution in [0.1, 0.15) is 41.5 Å². The van der Waals surface area contributed by atoms with Crippen molar-refractivity contribution in [1.82, 2.24) is 0 Å². The van der Waals surface area contributed by atoms with Gasteiger partial charge in [0.05, 0.1) is 6.10 Å². The molecule has 0 amide bonds. The summed E-state index contributed by atoms with van der Waals surface area (Å²) in [7, 11) is 0. The molecule has 0 bridgehead atoms. The average Bonchev–Trinajstić information content (AvgIpc) is 2.42. The molecule has 0 N–H and O–H groups in total. The molecule has 1 aromatic carbocycles. The van der Waals surface area contributed by atoms with Gasteiger partial charge in [0, 0.05) is 17.5 Å². The van der Waals surface area contributed by atoms with Crippen molar-refractivity contribution >= 4 is 11.0 Å². The molecule has 0 aliphatic heterocycles. The minimum Gasteiger partial charge on any atom is -0.491 e. The first-order valence-corrected chi connectivity index (χ1v) is 6.86. The second kappa shape index (κ2) is 9.20. The summed E-state index contributed by atoms with van der Waals surface area (Å²) in [5.74, 6) is 0.715. The van der Waals surface area contributed by atoms with Crippen LogP contribution in [0.3, 0.4) is 0 Å². The lowest BCUT2D eigenvalue weighted by Gasteiger charge is -2.09. The maximum absolute atomic E-state index is 11.0. The van der Waals surface area contributed by atoms with Crippen LogP contribution in [-0.2, 0) is 0 Å². The van der Waals surface area contributed by atoms with Crippen molar-refractivity contribution < 1.29 is 9.15 Å². The molecule has 0 aliphatic rings. The van der Waals surface area contributed by atoms with E-state index >= 15 is 0 Å². The van der Waals surface area contributed by atoms with Gasteiger partial charge in [-0.25, -0.2) is 4.79 Å². The first kappa shape index (κ1) is 17.2. The van der Waals surface area contributed by atoms with Crippen molar-refractivity contribution in [2.75, 3.05) is 0 Å². The fraction of sp³-hybridized carbons (Fsp3) is 0.438. The van der Waals surface area contributed by atoms with E-state index in [1.807, 2.05) is 53.7 Å². The predicted molar refractivity (Wildman–Crippen MR) is 80.9 cm³/mol. The molecule has 2 rings (SSSR count). The molecule has 1 aromatic heterocycles. The molecule has 0 atom stereocenters. The van der Waals surface area contributed by atoms with Crippen LogP contribution in [0.15, 0.2) is 39.5 Å². The molecule has 1 heterocycles. The number of hydrogen-bond donors (Lipinski definition) is 0. The van der Waals surface area contributed by atoms with Gasteiger partial charge < -0.3 is 9.15 Å². The molecule has 2 aromatic rings. The van der Waals surface area contributed by atoms with Crippen LogP contribution in [0.25, 0.3) is 11.0 Å². The van der Waals surface area contributed by atoms with E-state index in [0.29, 0.717) is 11.3 Å². The van der Waals surface area contributed by atoms with Gasteiger partial charge in [0.2, 0.25) is 0 Å². The molecule has 0 spiro atoms. The topological polar surface area (TPSA) is 39.4 Å². The molecule has 0 fully saturated rings. The Hall–Kier alpha value is -1.77. The van der Waals surface area contributed by atoms with Crippen molar-refractivity contribution in [3.63, 3.8) is 0 Å². The van der Waals surface area contributed by atoms with Gasteiger partial charge in [0.25, 0.3) is 0 Å². The fourth-order valence-electron chi connectivity index (χ4n) is 1.39. The maximum atomic E-state index is 11.0. The van der Waals surface area contributed by atoms with Gasteiger partial charge in [-0.3, -0.25) is 0 Å². The van der Waals surface area contributed by atoms with Gasteiger partial charge in [-0.15, -0.1) is 0 Å². The minimum atomic E-state index is -0.343. The third kappa shape index (κ3) is 5.60. The lowest BCUT2D eigenvalue weighted by Crippen LogP contribution is -2.05. The largest absolute Gasteiger partial charge is 0.491 e. The van der Waals surface area contributed by atoms with E-state index in [9.17, 15) is 4.79 Å². The molecule has 0 unspecified atom stereocenters. The van der Waals surface area contributed by atoms with Crippen molar-refractivity contribution in [3.8, 4) is 5.75 Å². The molecule has 0 radical (unpaired) electrons. The zero-order chi connectivity index (χ0) is 14.8. The summed E-state index contributed by atoms with van der Waals surface area (Å²) in [6.45, 7) is 11.9. The first-order chi connectivity index (χ1) is 9.15. The lowest BCUT2D eigenvalue weighted by atomic mass is 10.2. The summed E-state index contributed by atoms with van der Waals surface area (Å²) in [5, 5.41) is 0.894. The highest BCUT2D eigenvalue weighted by Crippen LogP contribution is 2.20. The van der Waals surface area contributed by atoms with E-state index in [0.717, 1.165) is 5.39 Å². The van der Waals surface area contributed by atoms with Crippen molar-refractivity contribution in [2.45, 2.75) is 47.6 Å². The Morgan fingerprint density at radius 1 is 1.00 bits per heavy atom. The van der Waals surface area contributed by atoms with Crippen LogP contribution in [0, 0.1) is 0 Å². The Morgan fingerprint density at radius 2 is 1.58 bits per heavy atom. The summed E-state index contributed by atoms with van der Waals surface area (Å²) < 4.78 is 10.5. The Morgan fingerprint density at radius 3 is 2.16 bits per heavy atom. The van der Waals surface area contributed by atoms with E-state index in [-0.39, 0.29) is 11.7 Å². The van der Waals surface area contributed by atoms with E-state index in [4.69, 9.17) is 9.15 Å². The van der Waals surface area contributed by atoms with Crippen molar-refractivity contribution in [2.24, 2.45) is 0 Å². The summed E-state index contributed by atoms with van der Waals surface area (Å²) in [4.78, 5) is 11.0. The molecular formula is C16H24O3. The third-order valence-electron chi connectivity index (χ3n) is 1.97. The third-order valence-corrected chi connectivity index (χ3v) is 1.97. The molecule has 106 valence electrons. The lowest BCUT2D eigenvalue weighted by molar-refractivity contribution is 0.242. The monoisotopic (exact) mass is 264 g/mol. The first-order valence-electron chi connectivity index (χ1n) is 6.86. The van der Waals surface area contributed by atoms with Crippen LogP contribution >= 0.6 is 0 Å². The zero-order valence-corrected chi connectivity index (χ0v) is 12.7. The SMILES string of the molecule is CC.CC.CC(C)Oc1ccc2ccc(=O)oc2c1. The number of hydrogen-bond acceptors (Lipinski definition) is 3. The quantitative estimate of drug-likeness (QED) is 0.742. The Bertz CT molecular complexity index is 527. The van der Waals surface area contributed by atoms with Crippen LogP contribution in [0.4, 0.5) is 0 Å². The summed E-state index contributed by atoms with van der Waals surface area (Å²) in [5.41, 5.74) is 0.213. The van der Waals surface area contributed by atoms with E-state index in [2.05, 4.69) is 0 Å². The van der Waals surface area contributed by atoms with Gasteiger partial charge in [-0.05, 0) is 32.0 Å². The van der Waals surface area contributed by atoms with E-state index < -0.39 is 0 Å². The molecule has 3 heteroatoms. The van der Waals surface area contributed by atoms with Crippen LogP contribution in [0.5, 0.6) is 5.75 Å². The van der Waals surface area contributed by atoms with Crippen LogP contribution < -0.4 is 10.4 Å². The minimum absolute atomic E-state index is 0.109. The van der Waals surface area contributed by atoms with Crippen molar-refractivity contribution in [3.05, 3.63) is 40.8 Å². The maximum Gasteiger partial charge on any atom is 0.336 e. The standard InChI is InChI=1S/C12H12O3.2C2H6/c1-8(2)14-10-5-3-9-4-6-12(13)15-11(9)7-10;2*1-2/h3-8H,1-2H3;2*1-2H3. The average molecular weight is 264 g/mol. The highest BCUT2D eigenvalue weighted by atomic mass is 16.5. The van der Waals surface area contributed by atoms with Gasteiger partial charge in [0.1, 0.15) is 11.3 Å². The number of fused-ring (bicyclic) bond motifs is 1. The van der Waals surface area contributed by atoms with Crippen LogP contribution in [-0.4, -0.2) is 6.10 Å². The molecule has 19 heavy (non-hydrogen) atoms. The van der Waals surface area contributed by atoms with E-state index in [1.165, 1.54) is 6.07 Å². The molecular weight excluding hydrogens is 240 g/mol. The van der Waals surface area contributed by atoms with Crippen molar-refractivity contribution in [1.29, 1.82) is 0 Å². The Kier molecular flexibility index (Phi) is 8.34. The summed E-state index contributed by atoms with van der Waals surface area (Å²) >= 11 is 0. The second-order valence-electron chi connectivity index (χ2n) is 3.62. The number of ether oxygens (including phenoxy) is 1.